The molecule has 2 bridgehead atoms. The van der Waals surface area contributed by atoms with Gasteiger partial charge in [0, 0.05) is 29.9 Å². The molecule has 1 amide bonds. The standard InChI is InChI=1S/C16H20N2O2/c1-14(2)15(3)6-7-16(14,10-12(15)19)13(20)18-11-4-8-17-9-5-11/h4-5,8-9H,6-7,10H2,1-3H3,(H,17,18,20)/t15-,16-/m1/s1. The first-order valence-electron chi connectivity index (χ1n) is 7.08. The molecule has 3 rings (SSSR count). The van der Waals surface area contributed by atoms with Crippen molar-refractivity contribution >= 4 is 17.4 Å². The summed E-state index contributed by atoms with van der Waals surface area (Å²) in [6, 6.07) is 3.54. The number of anilines is 1. The molecule has 4 nitrogen and oxygen atoms in total. The SMILES string of the molecule is CC1(C)[C@]2(C(=O)Nc3ccncc3)CC[C@]1(C)C(=O)C2. The highest BCUT2D eigenvalue weighted by Gasteiger charge is 2.72. The van der Waals surface area contributed by atoms with Crippen LogP contribution in [0, 0.1) is 16.2 Å². The third-order valence-electron chi connectivity index (χ3n) is 6.08. The lowest BCUT2D eigenvalue weighted by Gasteiger charge is -2.38. The van der Waals surface area contributed by atoms with Gasteiger partial charge in [-0.25, -0.2) is 0 Å². The molecular formula is C16H20N2O2. The van der Waals surface area contributed by atoms with Gasteiger partial charge < -0.3 is 5.32 Å². The lowest BCUT2D eigenvalue weighted by Crippen LogP contribution is -2.43. The molecule has 4 heteroatoms. The van der Waals surface area contributed by atoms with Crippen LogP contribution >= 0.6 is 0 Å². The zero-order chi connectivity index (χ0) is 14.6. The van der Waals surface area contributed by atoms with Gasteiger partial charge >= 0.3 is 0 Å². The minimum absolute atomic E-state index is 0.0247. The monoisotopic (exact) mass is 272 g/mol. The minimum atomic E-state index is -0.567. The average molecular weight is 272 g/mol. The van der Waals surface area contributed by atoms with Gasteiger partial charge in [0.2, 0.25) is 5.91 Å². The predicted molar refractivity (Wildman–Crippen MR) is 76.0 cm³/mol. The number of carbonyl (C=O) groups is 2. The molecule has 1 aromatic heterocycles. The third-order valence-corrected chi connectivity index (χ3v) is 6.08. The molecule has 0 aliphatic heterocycles. The van der Waals surface area contributed by atoms with Crippen LogP contribution in [0.5, 0.6) is 0 Å². The Morgan fingerprint density at radius 3 is 2.35 bits per heavy atom. The lowest BCUT2D eigenvalue weighted by atomic mass is 9.64. The Hall–Kier alpha value is -1.71. The Bertz CT molecular complexity index is 581. The Morgan fingerprint density at radius 2 is 1.85 bits per heavy atom. The van der Waals surface area contributed by atoms with E-state index >= 15 is 0 Å². The van der Waals surface area contributed by atoms with Crippen molar-refractivity contribution in [2.24, 2.45) is 16.2 Å². The highest BCUT2D eigenvalue weighted by atomic mass is 16.2. The van der Waals surface area contributed by atoms with E-state index in [1.54, 1.807) is 24.5 Å². The summed E-state index contributed by atoms with van der Waals surface area (Å²) >= 11 is 0. The van der Waals surface area contributed by atoms with Gasteiger partial charge in [-0.1, -0.05) is 20.8 Å². The second-order valence-electron chi connectivity index (χ2n) is 6.83. The van der Waals surface area contributed by atoms with Gasteiger partial charge in [0.05, 0.1) is 5.41 Å². The van der Waals surface area contributed by atoms with Crippen LogP contribution in [0.4, 0.5) is 5.69 Å². The molecule has 2 aliphatic carbocycles. The Kier molecular flexibility index (Phi) is 2.59. The molecule has 2 saturated carbocycles. The molecule has 1 aromatic rings. The number of nitrogens with zero attached hydrogens (tertiary/aromatic N) is 1. The number of ketones is 1. The summed E-state index contributed by atoms with van der Waals surface area (Å²) in [6.45, 7) is 6.15. The first kappa shape index (κ1) is 13.3. The van der Waals surface area contributed by atoms with Gasteiger partial charge in [-0.3, -0.25) is 14.6 Å². The van der Waals surface area contributed by atoms with E-state index in [0.717, 1.165) is 18.5 Å². The van der Waals surface area contributed by atoms with Crippen molar-refractivity contribution < 1.29 is 9.59 Å². The highest BCUT2D eigenvalue weighted by molar-refractivity contribution is 6.04. The molecule has 0 radical (unpaired) electrons. The molecule has 2 atom stereocenters. The second kappa shape index (κ2) is 3.90. The number of aromatic nitrogens is 1. The van der Waals surface area contributed by atoms with E-state index in [1.165, 1.54) is 0 Å². The molecule has 20 heavy (non-hydrogen) atoms. The predicted octanol–water partition coefficient (Wildman–Crippen LogP) is 2.81. The van der Waals surface area contributed by atoms with Crippen molar-refractivity contribution in [2.75, 3.05) is 5.32 Å². The van der Waals surface area contributed by atoms with Crippen LogP contribution in [0.1, 0.15) is 40.0 Å². The minimum Gasteiger partial charge on any atom is -0.325 e. The van der Waals surface area contributed by atoms with Gasteiger partial charge in [-0.15, -0.1) is 0 Å². The summed E-state index contributed by atoms with van der Waals surface area (Å²) in [6.07, 6.45) is 5.27. The maximum absolute atomic E-state index is 12.8. The van der Waals surface area contributed by atoms with E-state index in [4.69, 9.17) is 0 Å². The number of nitrogens with one attached hydrogen (secondary N) is 1. The van der Waals surface area contributed by atoms with Crippen LogP contribution in [-0.4, -0.2) is 16.7 Å². The molecule has 0 unspecified atom stereocenters. The van der Waals surface area contributed by atoms with E-state index in [9.17, 15) is 9.59 Å². The average Bonchev–Trinajstić information content (AvgIpc) is 2.70. The number of fused-ring (bicyclic) bond motifs is 2. The van der Waals surface area contributed by atoms with Crippen molar-refractivity contribution in [2.45, 2.75) is 40.0 Å². The van der Waals surface area contributed by atoms with Crippen LogP contribution in [0.15, 0.2) is 24.5 Å². The summed E-state index contributed by atoms with van der Waals surface area (Å²) in [4.78, 5) is 29.1. The maximum Gasteiger partial charge on any atom is 0.231 e. The largest absolute Gasteiger partial charge is 0.325 e. The van der Waals surface area contributed by atoms with Crippen molar-refractivity contribution in [3.05, 3.63) is 24.5 Å². The molecule has 1 heterocycles. The molecule has 2 aliphatic rings. The summed E-state index contributed by atoms with van der Waals surface area (Å²) in [7, 11) is 0. The quantitative estimate of drug-likeness (QED) is 0.900. The number of carbonyl (C=O) groups excluding carboxylic acids is 2. The number of hydrogen-bond acceptors (Lipinski definition) is 3. The number of amides is 1. The summed E-state index contributed by atoms with van der Waals surface area (Å²) in [5.74, 6) is 0.210. The molecule has 106 valence electrons. The van der Waals surface area contributed by atoms with Gasteiger partial charge in [0.25, 0.3) is 0 Å². The smallest absolute Gasteiger partial charge is 0.231 e. The zero-order valence-electron chi connectivity index (χ0n) is 12.2. The normalized spacial score (nSPS) is 34.2. The van der Waals surface area contributed by atoms with Crippen LogP contribution in [0.2, 0.25) is 0 Å². The third kappa shape index (κ3) is 1.39. The van der Waals surface area contributed by atoms with Gasteiger partial charge in [0.15, 0.2) is 0 Å². The van der Waals surface area contributed by atoms with Crippen molar-refractivity contribution in [1.82, 2.24) is 4.98 Å². The molecule has 1 N–H and O–H groups in total. The molecule has 0 spiro atoms. The lowest BCUT2D eigenvalue weighted by molar-refractivity contribution is -0.131. The highest BCUT2D eigenvalue weighted by Crippen LogP contribution is 2.70. The molecule has 0 saturated heterocycles. The molecule has 2 fully saturated rings. The van der Waals surface area contributed by atoms with Crippen molar-refractivity contribution in [3.63, 3.8) is 0 Å². The first-order chi connectivity index (χ1) is 9.33. The Morgan fingerprint density at radius 1 is 1.20 bits per heavy atom. The summed E-state index contributed by atoms with van der Waals surface area (Å²) in [5.41, 5.74) is -0.484. The van der Waals surface area contributed by atoms with Crippen molar-refractivity contribution in [1.29, 1.82) is 0 Å². The van der Waals surface area contributed by atoms with Crippen LogP contribution < -0.4 is 5.32 Å². The Balaban J connectivity index is 1.94. The number of hydrogen-bond donors (Lipinski definition) is 1. The first-order valence-corrected chi connectivity index (χ1v) is 7.08. The van der Waals surface area contributed by atoms with Gasteiger partial charge in [-0.05, 0) is 30.4 Å². The topological polar surface area (TPSA) is 59.1 Å². The van der Waals surface area contributed by atoms with Crippen molar-refractivity contribution in [3.8, 4) is 0 Å². The van der Waals surface area contributed by atoms with Crippen LogP contribution in [0.3, 0.4) is 0 Å². The Labute approximate surface area is 119 Å². The van der Waals surface area contributed by atoms with Crippen LogP contribution in [0.25, 0.3) is 0 Å². The number of Topliss-reactive ketones (excluding diaryl/α,β-unsaturated/α-hetero) is 1. The second-order valence-corrected chi connectivity index (χ2v) is 6.83. The number of rotatable bonds is 2. The van der Waals surface area contributed by atoms with E-state index in [-0.39, 0.29) is 22.5 Å². The van der Waals surface area contributed by atoms with Gasteiger partial charge in [0.1, 0.15) is 5.78 Å². The summed E-state index contributed by atoms with van der Waals surface area (Å²) in [5, 5.41) is 2.96. The fourth-order valence-electron chi connectivity index (χ4n) is 4.05. The van der Waals surface area contributed by atoms with E-state index in [0.29, 0.717) is 6.42 Å². The van der Waals surface area contributed by atoms with Gasteiger partial charge in [-0.2, -0.15) is 0 Å². The van der Waals surface area contributed by atoms with E-state index < -0.39 is 5.41 Å². The number of pyridine rings is 1. The zero-order valence-corrected chi connectivity index (χ0v) is 12.2. The molecular weight excluding hydrogens is 252 g/mol. The van der Waals surface area contributed by atoms with Crippen LogP contribution in [-0.2, 0) is 9.59 Å². The van der Waals surface area contributed by atoms with E-state index in [2.05, 4.69) is 24.1 Å². The maximum atomic E-state index is 12.8. The summed E-state index contributed by atoms with van der Waals surface area (Å²) < 4.78 is 0. The fourth-order valence-corrected chi connectivity index (χ4v) is 4.05. The van der Waals surface area contributed by atoms with E-state index in [1.807, 2.05) is 6.92 Å². The molecule has 0 aromatic carbocycles. The fraction of sp³-hybridized carbons (Fsp3) is 0.562.